The number of piperidine rings is 1. The number of rotatable bonds is 4. The fraction of sp³-hybridized carbons (Fsp3) is 0.938. The maximum Gasteiger partial charge on any atom is 0.226 e. The van der Waals surface area contributed by atoms with E-state index in [1.165, 1.54) is 12.8 Å². The van der Waals surface area contributed by atoms with E-state index < -0.39 is 0 Å². The predicted octanol–water partition coefficient (Wildman–Crippen LogP) is 1.65. The lowest BCUT2D eigenvalue weighted by atomic mass is 9.91. The molecule has 4 heteroatoms. The first kappa shape index (κ1) is 14.3. The number of ether oxygens (including phenoxy) is 1. The smallest absolute Gasteiger partial charge is 0.226 e. The van der Waals surface area contributed by atoms with Crippen molar-refractivity contribution in [1.82, 2.24) is 10.2 Å². The van der Waals surface area contributed by atoms with E-state index in [0.717, 1.165) is 45.6 Å². The van der Waals surface area contributed by atoms with Crippen molar-refractivity contribution in [3.8, 4) is 0 Å². The van der Waals surface area contributed by atoms with Gasteiger partial charge in [0.15, 0.2) is 0 Å². The second-order valence-corrected chi connectivity index (χ2v) is 7.29. The minimum Gasteiger partial charge on any atom is -0.376 e. The number of carbonyl (C=O) groups is 1. The van der Waals surface area contributed by atoms with Gasteiger partial charge in [-0.2, -0.15) is 0 Å². The first-order valence-corrected chi connectivity index (χ1v) is 8.22. The minimum absolute atomic E-state index is 0.268. The quantitative estimate of drug-likeness (QED) is 0.851. The second-order valence-electron chi connectivity index (χ2n) is 7.29. The van der Waals surface area contributed by atoms with Gasteiger partial charge in [-0.05, 0) is 50.1 Å². The molecule has 3 rings (SSSR count). The number of likely N-dealkylation sites (tertiary alicyclic amines) is 1. The third kappa shape index (κ3) is 2.86. The Balaban J connectivity index is 1.47. The number of nitrogens with zero attached hydrogens (tertiary/aromatic N) is 1. The average Bonchev–Trinajstić information content (AvgIpc) is 2.92. The zero-order valence-electron chi connectivity index (χ0n) is 12.9. The van der Waals surface area contributed by atoms with E-state index >= 15 is 0 Å². The monoisotopic (exact) mass is 280 g/mol. The van der Waals surface area contributed by atoms with E-state index in [9.17, 15) is 4.79 Å². The lowest BCUT2D eigenvalue weighted by Gasteiger charge is -2.25. The van der Waals surface area contributed by atoms with Crippen molar-refractivity contribution in [3.63, 3.8) is 0 Å². The van der Waals surface area contributed by atoms with Crippen molar-refractivity contribution >= 4 is 5.91 Å². The molecule has 3 aliphatic rings. The summed E-state index contributed by atoms with van der Waals surface area (Å²) in [5.74, 6) is 1.29. The Morgan fingerprint density at radius 1 is 1.40 bits per heavy atom. The number of hydrogen-bond acceptors (Lipinski definition) is 3. The van der Waals surface area contributed by atoms with Gasteiger partial charge in [0.25, 0.3) is 0 Å². The molecule has 1 spiro atoms. The van der Waals surface area contributed by atoms with E-state index in [4.69, 9.17) is 4.74 Å². The summed E-state index contributed by atoms with van der Waals surface area (Å²) < 4.78 is 5.88. The molecular formula is C16H28N2O2. The van der Waals surface area contributed by atoms with Crippen LogP contribution >= 0.6 is 0 Å². The van der Waals surface area contributed by atoms with Gasteiger partial charge in [0.2, 0.25) is 5.91 Å². The Hall–Kier alpha value is -0.610. The highest BCUT2D eigenvalue weighted by atomic mass is 16.5. The number of amides is 1. The second kappa shape index (κ2) is 5.64. The molecule has 2 aliphatic heterocycles. The molecule has 2 unspecified atom stereocenters. The van der Waals surface area contributed by atoms with Gasteiger partial charge in [-0.25, -0.2) is 0 Å². The van der Waals surface area contributed by atoms with E-state index in [1.807, 2.05) is 0 Å². The maximum absolute atomic E-state index is 12.6. The molecule has 2 atom stereocenters. The van der Waals surface area contributed by atoms with Crippen molar-refractivity contribution in [1.29, 1.82) is 0 Å². The average molecular weight is 280 g/mol. The molecule has 114 valence electrons. The molecule has 1 N–H and O–H groups in total. The fourth-order valence-electron chi connectivity index (χ4n) is 3.79. The normalized spacial score (nSPS) is 32.0. The van der Waals surface area contributed by atoms with Crippen LogP contribution in [-0.4, -0.2) is 49.7 Å². The molecule has 0 aromatic heterocycles. The zero-order chi connectivity index (χ0) is 14.2. The molecule has 2 heterocycles. The van der Waals surface area contributed by atoms with Crippen molar-refractivity contribution in [3.05, 3.63) is 0 Å². The molecule has 2 saturated heterocycles. The van der Waals surface area contributed by atoms with Gasteiger partial charge in [-0.3, -0.25) is 4.79 Å². The van der Waals surface area contributed by atoms with Gasteiger partial charge < -0.3 is 15.0 Å². The molecular weight excluding hydrogens is 252 g/mol. The Kier molecular flexibility index (Phi) is 4.04. The lowest BCUT2D eigenvalue weighted by molar-refractivity contribution is -0.133. The number of hydrogen-bond donors (Lipinski definition) is 1. The molecule has 1 saturated carbocycles. The van der Waals surface area contributed by atoms with E-state index in [-0.39, 0.29) is 6.10 Å². The molecule has 0 aromatic carbocycles. The molecule has 20 heavy (non-hydrogen) atoms. The van der Waals surface area contributed by atoms with Crippen molar-refractivity contribution in [2.24, 2.45) is 17.3 Å². The van der Waals surface area contributed by atoms with Crippen LogP contribution in [0.5, 0.6) is 0 Å². The Morgan fingerprint density at radius 2 is 2.15 bits per heavy atom. The summed E-state index contributed by atoms with van der Waals surface area (Å²) in [5, 5.41) is 3.40. The number of nitrogens with one attached hydrogen (secondary N) is 1. The summed E-state index contributed by atoms with van der Waals surface area (Å²) in [6.07, 6.45) is 4.78. The van der Waals surface area contributed by atoms with Crippen LogP contribution in [0.3, 0.4) is 0 Å². The molecule has 3 fully saturated rings. The van der Waals surface area contributed by atoms with Gasteiger partial charge in [0.05, 0.1) is 6.10 Å². The predicted molar refractivity (Wildman–Crippen MR) is 78.4 cm³/mol. The molecule has 4 nitrogen and oxygen atoms in total. The SMILES string of the molecule is CC(C)COC1CCN(C(=O)C2CC23CCNCC3)C1. The van der Waals surface area contributed by atoms with Crippen LogP contribution in [0.15, 0.2) is 0 Å². The van der Waals surface area contributed by atoms with Crippen molar-refractivity contribution in [2.45, 2.75) is 45.6 Å². The Morgan fingerprint density at radius 3 is 2.85 bits per heavy atom. The number of carbonyl (C=O) groups excluding carboxylic acids is 1. The molecule has 0 bridgehead atoms. The molecule has 0 radical (unpaired) electrons. The van der Waals surface area contributed by atoms with Crippen molar-refractivity contribution < 1.29 is 9.53 Å². The van der Waals surface area contributed by atoms with Crippen LogP contribution in [0.1, 0.15) is 39.5 Å². The largest absolute Gasteiger partial charge is 0.376 e. The van der Waals surface area contributed by atoms with Gasteiger partial charge in [-0.15, -0.1) is 0 Å². The highest BCUT2D eigenvalue weighted by molar-refractivity contribution is 5.83. The summed E-state index contributed by atoms with van der Waals surface area (Å²) in [4.78, 5) is 14.7. The Labute approximate surface area is 122 Å². The van der Waals surface area contributed by atoms with E-state index in [1.54, 1.807) is 0 Å². The van der Waals surface area contributed by atoms with Crippen LogP contribution in [0, 0.1) is 17.3 Å². The zero-order valence-corrected chi connectivity index (χ0v) is 12.9. The first-order chi connectivity index (χ1) is 9.61. The van der Waals surface area contributed by atoms with Gasteiger partial charge in [0.1, 0.15) is 0 Å². The Bertz CT molecular complexity index is 363. The fourth-order valence-corrected chi connectivity index (χ4v) is 3.79. The van der Waals surface area contributed by atoms with E-state index in [0.29, 0.717) is 23.2 Å². The standard InChI is InChI=1S/C16H28N2O2/c1-12(2)11-20-13-3-8-18(10-13)15(19)14-9-16(14)4-6-17-7-5-16/h12-14,17H,3-11H2,1-2H3. The minimum atomic E-state index is 0.268. The summed E-state index contributed by atoms with van der Waals surface area (Å²) in [6, 6.07) is 0. The van der Waals surface area contributed by atoms with Crippen LogP contribution in [0.4, 0.5) is 0 Å². The highest BCUT2D eigenvalue weighted by Crippen LogP contribution is 2.59. The van der Waals surface area contributed by atoms with Crippen LogP contribution in [0.25, 0.3) is 0 Å². The topological polar surface area (TPSA) is 41.6 Å². The maximum atomic E-state index is 12.6. The summed E-state index contributed by atoms with van der Waals surface area (Å²) in [7, 11) is 0. The summed E-state index contributed by atoms with van der Waals surface area (Å²) in [5.41, 5.74) is 0.360. The van der Waals surface area contributed by atoms with Gasteiger partial charge >= 0.3 is 0 Å². The third-order valence-corrected chi connectivity index (χ3v) is 5.21. The van der Waals surface area contributed by atoms with E-state index in [2.05, 4.69) is 24.1 Å². The van der Waals surface area contributed by atoms with Crippen LogP contribution < -0.4 is 5.32 Å². The van der Waals surface area contributed by atoms with Crippen molar-refractivity contribution in [2.75, 3.05) is 32.8 Å². The van der Waals surface area contributed by atoms with Crippen LogP contribution in [0.2, 0.25) is 0 Å². The molecule has 1 aliphatic carbocycles. The van der Waals surface area contributed by atoms with Crippen LogP contribution in [-0.2, 0) is 9.53 Å². The third-order valence-electron chi connectivity index (χ3n) is 5.21. The van der Waals surface area contributed by atoms with Gasteiger partial charge in [-0.1, -0.05) is 13.8 Å². The molecule has 0 aromatic rings. The highest BCUT2D eigenvalue weighted by Gasteiger charge is 2.58. The molecule has 1 amide bonds. The first-order valence-electron chi connectivity index (χ1n) is 8.22. The summed E-state index contributed by atoms with van der Waals surface area (Å²) in [6.45, 7) is 9.04. The lowest BCUT2D eigenvalue weighted by Crippen LogP contribution is -2.36. The summed E-state index contributed by atoms with van der Waals surface area (Å²) >= 11 is 0. The van der Waals surface area contributed by atoms with Gasteiger partial charge in [0, 0.05) is 25.6 Å².